The first-order chi connectivity index (χ1) is 57.1. The molecule has 0 spiro atoms. The molecule has 0 fully saturated rings. The molecule has 2 aliphatic rings. The van der Waals surface area contributed by atoms with Crippen LogP contribution in [0.1, 0.15) is 118 Å². The fourth-order valence-corrected chi connectivity index (χ4v) is 18.1. The van der Waals surface area contributed by atoms with E-state index >= 15 is 0 Å². The highest BCUT2D eigenvalue weighted by molar-refractivity contribution is 7.00. The molecule has 0 amide bonds. The number of hydrogen-bond acceptors (Lipinski definition) is 3. The van der Waals surface area contributed by atoms with Crippen molar-refractivity contribution in [2.75, 3.05) is 9.80 Å². The third-order valence-electron chi connectivity index (χ3n) is 24.1. The molecule has 0 bridgehead atoms. The summed E-state index contributed by atoms with van der Waals surface area (Å²) >= 11 is 0. The van der Waals surface area contributed by atoms with Gasteiger partial charge in [-0.25, -0.2) is 0 Å². The van der Waals surface area contributed by atoms with Crippen molar-refractivity contribution < 1.29 is 6.85 Å². The Hall–Kier alpha value is -13.1. The Bertz CT molecular complexity index is 7130. The van der Waals surface area contributed by atoms with E-state index in [4.69, 9.17) is 1.37 Å². The molecule has 18 aromatic rings. The number of nitriles is 1. The van der Waals surface area contributed by atoms with Crippen molar-refractivity contribution in [3.05, 3.63) is 349 Å². The third kappa shape index (κ3) is 11.4. The van der Waals surface area contributed by atoms with Crippen molar-refractivity contribution in [3.8, 4) is 67.6 Å². The average molecular weight is 1470 g/mol. The molecule has 7 heteroatoms. The zero-order valence-corrected chi connectivity index (χ0v) is 66.5. The van der Waals surface area contributed by atoms with Crippen molar-refractivity contribution in [1.29, 1.82) is 5.26 Å². The zero-order valence-electron chi connectivity index (χ0n) is 71.5. The van der Waals surface area contributed by atoms with Crippen LogP contribution in [0.4, 0.5) is 34.1 Å². The Balaban J connectivity index is 0.961. The van der Waals surface area contributed by atoms with Gasteiger partial charge >= 0.3 is 0 Å². The van der Waals surface area contributed by atoms with Crippen LogP contribution in [0.3, 0.4) is 0 Å². The summed E-state index contributed by atoms with van der Waals surface area (Å²) in [6.07, 6.45) is 0. The molecule has 20 rings (SSSR count). The smallest absolute Gasteiger partial charge is 0.252 e. The van der Waals surface area contributed by atoms with Crippen LogP contribution >= 0.6 is 0 Å². The normalized spacial score (nSPS) is 13.6. The highest BCUT2D eigenvalue weighted by Crippen LogP contribution is 2.51. The molecule has 0 saturated carbocycles. The molecule has 0 saturated heterocycles. The molecule has 0 radical (unpaired) electrons. The summed E-state index contributed by atoms with van der Waals surface area (Å²) in [5.41, 5.74) is 28.5. The van der Waals surface area contributed by atoms with Crippen LogP contribution in [0, 0.1) is 11.3 Å². The number of fused-ring (bicyclic) bond motifs is 13. The second kappa shape index (κ2) is 26.0. The first kappa shape index (κ1) is 64.5. The topological polar surface area (TPSA) is 45.1 Å². The zero-order chi connectivity index (χ0) is 82.4. The van der Waals surface area contributed by atoms with Crippen molar-refractivity contribution in [2.45, 2.75) is 105 Å². The van der Waals surface area contributed by atoms with Gasteiger partial charge in [-0.3, -0.25) is 0 Å². The summed E-state index contributed by atoms with van der Waals surface area (Å²) in [4.78, 5) is 4.88. The predicted molar refractivity (Wildman–Crippen MR) is 485 cm³/mol. The van der Waals surface area contributed by atoms with Gasteiger partial charge < -0.3 is 23.5 Å². The van der Waals surface area contributed by atoms with Crippen LogP contribution in [0.2, 0.25) is 0 Å². The van der Waals surface area contributed by atoms with Gasteiger partial charge in [0.25, 0.3) is 6.71 Å². The van der Waals surface area contributed by atoms with E-state index in [-0.39, 0.29) is 39.3 Å². The lowest BCUT2D eigenvalue weighted by molar-refractivity contribution is 0.590. The van der Waals surface area contributed by atoms with Gasteiger partial charge in [-0.1, -0.05) is 277 Å². The lowest BCUT2D eigenvalue weighted by atomic mass is 9.33. The van der Waals surface area contributed by atoms with E-state index in [1.165, 1.54) is 33.0 Å². The number of aromatic nitrogens is 3. The fraction of sp³-hybridized carbons (Fsp3) is 0.150. The minimum atomic E-state index is -0.504. The van der Waals surface area contributed by atoms with Crippen LogP contribution < -0.4 is 26.2 Å². The molecule has 550 valence electrons. The van der Waals surface area contributed by atoms with E-state index in [2.05, 4.69) is 386 Å². The maximum absolute atomic E-state index is 11.8. The first-order valence-corrected chi connectivity index (χ1v) is 39.8. The Morgan fingerprint density at radius 1 is 0.272 bits per heavy atom. The van der Waals surface area contributed by atoms with E-state index < -0.39 is 24.8 Å². The molecule has 6 nitrogen and oxygen atoms in total. The third-order valence-corrected chi connectivity index (χ3v) is 24.1. The molecule has 3 aromatic heterocycles. The van der Waals surface area contributed by atoms with Crippen molar-refractivity contribution in [1.82, 2.24) is 13.7 Å². The standard InChI is InChI=1S/C107H89BN6/c1-104(2,3)76-40-49-93-86(58-76)87-59-77(105(4,5)6)41-50-94(87)110(93)81-45-48-91-100(63-81)111(80-44-37-73(66-109)97(62-80)114-92-36-26-25-35-84(92)85-46-38-71(56-98(85)114)67-27-17-13-18-28-67)101-64-83(112-95-51-42-78(106(7,8)9)60-88(95)89-61-79(107(10,11)12)43-52-96(89)112)65-102-103(101)108(91)90-47-39-72(68-29-19-14-20-30-68)57-99(90)113(102)82-54-74(69-31-21-15-22-32-69)53-75(55-82)70-33-23-16-24-34-70/h13-65H,1-12H3/i14D,19D,20D,29D,30D. The summed E-state index contributed by atoms with van der Waals surface area (Å²) in [6.45, 7) is 26.9. The second-order valence-electron chi connectivity index (χ2n) is 35.4. The predicted octanol–water partition coefficient (Wildman–Crippen LogP) is 26.8. The maximum atomic E-state index is 11.8. The van der Waals surface area contributed by atoms with Crippen LogP contribution in [-0.2, 0) is 21.7 Å². The molecule has 114 heavy (non-hydrogen) atoms. The largest absolute Gasteiger partial charge is 0.311 e. The molecule has 5 heterocycles. The van der Waals surface area contributed by atoms with Gasteiger partial charge in [0.1, 0.15) is 6.07 Å². The average Bonchev–Trinajstić information content (AvgIpc) is 1.20. The van der Waals surface area contributed by atoms with Gasteiger partial charge in [0.2, 0.25) is 0 Å². The van der Waals surface area contributed by atoms with Crippen LogP contribution in [-0.4, -0.2) is 20.4 Å². The van der Waals surface area contributed by atoms with Gasteiger partial charge in [-0.2, -0.15) is 5.26 Å². The number of para-hydroxylation sites is 1. The van der Waals surface area contributed by atoms with Crippen LogP contribution in [0.5, 0.6) is 0 Å². The van der Waals surface area contributed by atoms with Gasteiger partial charge in [0, 0.05) is 72.1 Å². The van der Waals surface area contributed by atoms with Crippen molar-refractivity contribution in [3.63, 3.8) is 0 Å². The van der Waals surface area contributed by atoms with E-state index in [0.717, 1.165) is 156 Å². The molecular weight excluding hydrogens is 1380 g/mol. The number of rotatable bonds is 9. The Morgan fingerprint density at radius 3 is 1.18 bits per heavy atom. The summed E-state index contributed by atoms with van der Waals surface area (Å²) in [7, 11) is 0. The number of nitrogens with zero attached hydrogens (tertiary/aromatic N) is 6. The van der Waals surface area contributed by atoms with Crippen molar-refractivity contribution >= 4 is 123 Å². The molecular formula is C107H89BN6. The lowest BCUT2D eigenvalue weighted by Gasteiger charge is -2.45. The van der Waals surface area contributed by atoms with Crippen molar-refractivity contribution in [2.24, 2.45) is 0 Å². The minimum Gasteiger partial charge on any atom is -0.311 e. The number of benzene rings is 15. The summed E-state index contributed by atoms with van der Waals surface area (Å²) in [5, 5.41) is 18.6. The Kier molecular flexibility index (Phi) is 14.7. The van der Waals surface area contributed by atoms with Gasteiger partial charge in [0.15, 0.2) is 0 Å². The molecule has 15 aromatic carbocycles. The Labute approximate surface area is 675 Å². The monoisotopic (exact) mass is 1470 g/mol. The van der Waals surface area contributed by atoms with E-state index in [9.17, 15) is 10.7 Å². The highest BCUT2D eigenvalue weighted by Gasteiger charge is 2.45. The van der Waals surface area contributed by atoms with Gasteiger partial charge in [-0.15, -0.1) is 0 Å². The lowest BCUT2D eigenvalue weighted by Crippen LogP contribution is -2.61. The maximum Gasteiger partial charge on any atom is 0.252 e. The summed E-state index contributed by atoms with van der Waals surface area (Å²) in [5.74, 6) is 0. The van der Waals surface area contributed by atoms with Gasteiger partial charge in [-0.05, 0) is 232 Å². The number of anilines is 6. The van der Waals surface area contributed by atoms with E-state index in [0.29, 0.717) is 11.1 Å². The van der Waals surface area contributed by atoms with E-state index in [1.54, 1.807) is 0 Å². The second-order valence-corrected chi connectivity index (χ2v) is 35.4. The quantitative estimate of drug-likeness (QED) is 0.135. The summed E-state index contributed by atoms with van der Waals surface area (Å²) in [6, 6.07) is 107. The fourth-order valence-electron chi connectivity index (χ4n) is 18.1. The van der Waals surface area contributed by atoms with Crippen LogP contribution in [0.25, 0.3) is 127 Å². The Morgan fingerprint density at radius 2 is 0.675 bits per heavy atom. The first-order valence-electron chi connectivity index (χ1n) is 42.3. The molecule has 0 atom stereocenters. The van der Waals surface area contributed by atoms with Gasteiger partial charge in [0.05, 0.1) is 56.9 Å². The SMILES string of the molecule is [2H]c1c([2H])c([2H])c(-c2ccc3c(c2)N(c2cc(-c4ccccc4)cc(-c4ccccc4)c2)c2cc(-n4c5ccc(C(C)(C)C)cc5c5cc(C(C)(C)C)ccc54)cc4c2B3c2ccc(-n3c5ccc(C(C)(C)C)cc5c5cc(C(C)(C)C)ccc53)cc2N4c2ccc(C#N)c(-n3c4ccccc4c4ccc(-c5ccccc5)cc43)c2)c([2H])c1[2H]. The van der Waals surface area contributed by atoms with Crippen LogP contribution in [0.15, 0.2) is 321 Å². The number of hydrogen-bond donors (Lipinski definition) is 0. The molecule has 0 N–H and O–H groups in total. The minimum absolute atomic E-state index is 0.114. The summed E-state index contributed by atoms with van der Waals surface area (Å²) < 4.78 is 53.8. The van der Waals surface area contributed by atoms with E-state index in [1.807, 2.05) is 18.2 Å². The molecule has 0 aliphatic carbocycles. The highest BCUT2D eigenvalue weighted by atomic mass is 15.2. The molecule has 2 aliphatic heterocycles. The molecule has 0 unspecified atom stereocenters.